The lowest BCUT2D eigenvalue weighted by atomic mass is 9.68. The fourth-order valence-corrected chi connectivity index (χ4v) is 2.74. The van der Waals surface area contributed by atoms with Crippen LogP contribution >= 0.6 is 0 Å². The molecule has 1 aliphatic rings. The van der Waals surface area contributed by atoms with E-state index < -0.39 is 0 Å². The maximum Gasteiger partial charge on any atom is 0.226 e. The molecule has 1 aliphatic carbocycles. The molecule has 0 saturated heterocycles. The molecule has 1 saturated carbocycles. The lowest BCUT2D eigenvalue weighted by Gasteiger charge is -2.39. The third-order valence-electron chi connectivity index (χ3n) is 3.74. The van der Waals surface area contributed by atoms with Gasteiger partial charge in [-0.2, -0.15) is 0 Å². The molecular weight excluding hydrogens is 200 g/mol. The predicted octanol–water partition coefficient (Wildman–Crippen LogP) is 2.01. The standard InChI is InChI=1S/C13H26N2O/c1-10(14)9-15(4)12(16)11-7-5-6-8-13(11,2)3/h10-11H,5-9,14H2,1-4H3. The second kappa shape index (κ2) is 5.17. The zero-order chi connectivity index (χ0) is 12.3. The lowest BCUT2D eigenvalue weighted by Crippen LogP contribution is -2.45. The quantitative estimate of drug-likeness (QED) is 0.800. The zero-order valence-corrected chi connectivity index (χ0v) is 11.1. The molecule has 1 amide bonds. The Balaban J connectivity index is 2.64. The average molecular weight is 226 g/mol. The molecule has 3 heteroatoms. The molecule has 16 heavy (non-hydrogen) atoms. The molecule has 0 aromatic carbocycles. The highest BCUT2D eigenvalue weighted by atomic mass is 16.2. The number of carbonyl (C=O) groups excluding carboxylic acids is 1. The Labute approximate surface area is 99.4 Å². The Morgan fingerprint density at radius 1 is 1.50 bits per heavy atom. The molecule has 0 radical (unpaired) electrons. The molecule has 3 nitrogen and oxygen atoms in total. The van der Waals surface area contributed by atoms with Crippen molar-refractivity contribution in [1.29, 1.82) is 0 Å². The molecule has 0 aromatic rings. The van der Waals surface area contributed by atoms with Crippen molar-refractivity contribution in [2.45, 2.75) is 52.5 Å². The first-order chi connectivity index (χ1) is 7.34. The van der Waals surface area contributed by atoms with Gasteiger partial charge in [-0.15, -0.1) is 0 Å². The molecule has 0 spiro atoms. The Morgan fingerprint density at radius 3 is 2.62 bits per heavy atom. The summed E-state index contributed by atoms with van der Waals surface area (Å²) >= 11 is 0. The number of rotatable bonds is 3. The van der Waals surface area contributed by atoms with Crippen LogP contribution in [0.1, 0.15) is 46.5 Å². The Bertz CT molecular complexity index is 248. The number of nitrogens with two attached hydrogens (primary N) is 1. The van der Waals surface area contributed by atoms with Crippen LogP contribution in [0.2, 0.25) is 0 Å². The number of nitrogens with zero attached hydrogens (tertiary/aromatic N) is 1. The van der Waals surface area contributed by atoms with Crippen molar-refractivity contribution in [1.82, 2.24) is 4.90 Å². The Morgan fingerprint density at radius 2 is 2.12 bits per heavy atom. The first kappa shape index (κ1) is 13.5. The second-order valence-corrected chi connectivity index (χ2v) is 5.98. The number of hydrogen-bond acceptors (Lipinski definition) is 2. The molecule has 1 rings (SSSR count). The summed E-state index contributed by atoms with van der Waals surface area (Å²) in [6.07, 6.45) is 4.64. The summed E-state index contributed by atoms with van der Waals surface area (Å²) in [6, 6.07) is 0.0562. The monoisotopic (exact) mass is 226 g/mol. The first-order valence-electron chi connectivity index (χ1n) is 6.35. The van der Waals surface area contributed by atoms with Gasteiger partial charge in [0.15, 0.2) is 0 Å². The van der Waals surface area contributed by atoms with Gasteiger partial charge in [-0.3, -0.25) is 4.79 Å². The van der Waals surface area contributed by atoms with Crippen LogP contribution in [0.15, 0.2) is 0 Å². The molecule has 0 aliphatic heterocycles. The van der Waals surface area contributed by atoms with E-state index in [1.165, 1.54) is 12.8 Å². The highest BCUT2D eigenvalue weighted by Gasteiger charge is 2.38. The second-order valence-electron chi connectivity index (χ2n) is 5.98. The van der Waals surface area contributed by atoms with Gasteiger partial charge >= 0.3 is 0 Å². The molecule has 1 fully saturated rings. The maximum atomic E-state index is 12.3. The largest absolute Gasteiger partial charge is 0.344 e. The van der Waals surface area contributed by atoms with E-state index in [1.807, 2.05) is 18.9 Å². The van der Waals surface area contributed by atoms with Gasteiger partial charge < -0.3 is 10.6 Å². The van der Waals surface area contributed by atoms with Crippen molar-refractivity contribution in [3.63, 3.8) is 0 Å². The third kappa shape index (κ3) is 3.21. The third-order valence-corrected chi connectivity index (χ3v) is 3.74. The normalized spacial score (nSPS) is 26.2. The number of hydrogen-bond donors (Lipinski definition) is 1. The van der Waals surface area contributed by atoms with E-state index in [2.05, 4.69) is 13.8 Å². The summed E-state index contributed by atoms with van der Waals surface area (Å²) in [4.78, 5) is 14.1. The van der Waals surface area contributed by atoms with E-state index in [1.54, 1.807) is 0 Å². The van der Waals surface area contributed by atoms with Crippen LogP contribution in [0.3, 0.4) is 0 Å². The van der Waals surface area contributed by atoms with Gasteiger partial charge in [0.25, 0.3) is 0 Å². The Kier molecular flexibility index (Phi) is 4.36. The number of likely N-dealkylation sites (N-methyl/N-ethyl adjacent to an activating group) is 1. The summed E-state index contributed by atoms with van der Waals surface area (Å²) in [5, 5.41) is 0. The van der Waals surface area contributed by atoms with E-state index in [9.17, 15) is 4.79 Å². The van der Waals surface area contributed by atoms with Crippen LogP contribution < -0.4 is 5.73 Å². The van der Waals surface area contributed by atoms with Gasteiger partial charge in [0.05, 0.1) is 0 Å². The van der Waals surface area contributed by atoms with E-state index in [4.69, 9.17) is 5.73 Å². The Hall–Kier alpha value is -0.570. The van der Waals surface area contributed by atoms with Gasteiger partial charge in [-0.25, -0.2) is 0 Å². The zero-order valence-electron chi connectivity index (χ0n) is 11.1. The topological polar surface area (TPSA) is 46.3 Å². The van der Waals surface area contributed by atoms with Gasteiger partial charge in [-0.1, -0.05) is 26.7 Å². The van der Waals surface area contributed by atoms with Crippen molar-refractivity contribution in [2.75, 3.05) is 13.6 Å². The van der Waals surface area contributed by atoms with Crippen LogP contribution in [-0.2, 0) is 4.79 Å². The van der Waals surface area contributed by atoms with Crippen LogP contribution in [0, 0.1) is 11.3 Å². The van der Waals surface area contributed by atoms with Gasteiger partial charge in [-0.05, 0) is 25.2 Å². The van der Waals surface area contributed by atoms with Crippen LogP contribution in [0.4, 0.5) is 0 Å². The molecule has 2 atom stereocenters. The SMILES string of the molecule is CC(N)CN(C)C(=O)C1CCCCC1(C)C. The van der Waals surface area contributed by atoms with E-state index in [0.717, 1.165) is 12.8 Å². The summed E-state index contributed by atoms with van der Waals surface area (Å²) in [5.74, 6) is 0.465. The van der Waals surface area contributed by atoms with E-state index >= 15 is 0 Å². The highest BCUT2D eigenvalue weighted by Crippen LogP contribution is 2.41. The van der Waals surface area contributed by atoms with E-state index in [0.29, 0.717) is 6.54 Å². The van der Waals surface area contributed by atoms with Gasteiger partial charge in [0.2, 0.25) is 5.91 Å². The molecule has 2 unspecified atom stereocenters. The molecule has 94 valence electrons. The first-order valence-corrected chi connectivity index (χ1v) is 6.35. The van der Waals surface area contributed by atoms with Crippen molar-refractivity contribution in [2.24, 2.45) is 17.1 Å². The molecular formula is C13H26N2O. The predicted molar refractivity (Wildman–Crippen MR) is 67.0 cm³/mol. The van der Waals surface area contributed by atoms with Crippen molar-refractivity contribution < 1.29 is 4.79 Å². The van der Waals surface area contributed by atoms with Crippen molar-refractivity contribution in [3.05, 3.63) is 0 Å². The minimum atomic E-state index is 0.0562. The smallest absolute Gasteiger partial charge is 0.226 e. The van der Waals surface area contributed by atoms with Crippen molar-refractivity contribution >= 4 is 5.91 Å². The van der Waals surface area contributed by atoms with Crippen molar-refractivity contribution in [3.8, 4) is 0 Å². The summed E-state index contributed by atoms with van der Waals surface area (Å²) in [7, 11) is 1.87. The number of carbonyl (C=O) groups is 1. The maximum absolute atomic E-state index is 12.3. The molecule has 0 aromatic heterocycles. The van der Waals surface area contributed by atoms with Crippen LogP contribution in [0.25, 0.3) is 0 Å². The van der Waals surface area contributed by atoms with Crippen LogP contribution in [0.5, 0.6) is 0 Å². The van der Waals surface area contributed by atoms with Gasteiger partial charge in [0, 0.05) is 25.6 Å². The minimum Gasteiger partial charge on any atom is -0.344 e. The summed E-state index contributed by atoms with van der Waals surface area (Å²) in [5.41, 5.74) is 5.89. The molecule has 0 bridgehead atoms. The summed E-state index contributed by atoms with van der Waals surface area (Å²) < 4.78 is 0. The fourth-order valence-electron chi connectivity index (χ4n) is 2.74. The van der Waals surface area contributed by atoms with E-state index in [-0.39, 0.29) is 23.3 Å². The molecule has 2 N–H and O–H groups in total. The molecule has 0 heterocycles. The highest BCUT2D eigenvalue weighted by molar-refractivity contribution is 5.79. The fraction of sp³-hybridized carbons (Fsp3) is 0.923. The number of amides is 1. The van der Waals surface area contributed by atoms with Crippen LogP contribution in [-0.4, -0.2) is 30.4 Å². The van der Waals surface area contributed by atoms with Gasteiger partial charge in [0.1, 0.15) is 0 Å². The minimum absolute atomic E-state index is 0.0562. The average Bonchev–Trinajstić information content (AvgIpc) is 2.15. The lowest BCUT2D eigenvalue weighted by molar-refractivity contribution is -0.140. The summed E-state index contributed by atoms with van der Waals surface area (Å²) in [6.45, 7) is 7.03.